The number of ether oxygens (including phenoxy) is 2. The van der Waals surface area contributed by atoms with Crippen LogP contribution in [0.25, 0.3) is 16.9 Å². The van der Waals surface area contributed by atoms with Gasteiger partial charge in [0.2, 0.25) is 5.88 Å². The molecule has 4 aromatic rings. The minimum absolute atomic E-state index is 0.174. The molecule has 9 nitrogen and oxygen atoms in total. The summed E-state index contributed by atoms with van der Waals surface area (Å²) in [5.41, 5.74) is 5.64. The molecule has 35 heavy (non-hydrogen) atoms. The number of pyridine rings is 1. The number of rotatable bonds is 5. The van der Waals surface area contributed by atoms with Crippen molar-refractivity contribution in [1.29, 1.82) is 0 Å². The van der Waals surface area contributed by atoms with Crippen LogP contribution in [-0.2, 0) is 11.2 Å². The van der Waals surface area contributed by atoms with Gasteiger partial charge in [-0.2, -0.15) is 0 Å². The Morgan fingerprint density at radius 2 is 2.06 bits per heavy atom. The molecule has 0 spiro atoms. The molecule has 2 unspecified atom stereocenters. The maximum Gasteiger partial charge on any atom is 0.216 e. The Hall–Kier alpha value is -3.69. The summed E-state index contributed by atoms with van der Waals surface area (Å²) in [5.74, 6) is 1.40. The van der Waals surface area contributed by atoms with Crippen LogP contribution in [0.1, 0.15) is 18.9 Å². The largest absolute Gasteiger partial charge is 0.477 e. The van der Waals surface area contributed by atoms with Gasteiger partial charge in [0, 0.05) is 60.4 Å². The maximum atomic E-state index is 9.90. The van der Waals surface area contributed by atoms with Crippen LogP contribution in [0.2, 0.25) is 0 Å². The van der Waals surface area contributed by atoms with Crippen molar-refractivity contribution in [1.82, 2.24) is 19.4 Å². The van der Waals surface area contributed by atoms with Crippen LogP contribution >= 0.6 is 0 Å². The van der Waals surface area contributed by atoms with Crippen LogP contribution in [0.4, 0.5) is 17.2 Å². The molecular formula is C26H28N6O3. The third kappa shape index (κ3) is 4.40. The molecule has 0 aliphatic carbocycles. The van der Waals surface area contributed by atoms with Gasteiger partial charge in [0.25, 0.3) is 0 Å². The van der Waals surface area contributed by atoms with E-state index in [1.807, 2.05) is 35.1 Å². The Balaban J connectivity index is 1.26. The van der Waals surface area contributed by atoms with Crippen molar-refractivity contribution < 1.29 is 14.6 Å². The van der Waals surface area contributed by atoms with Crippen LogP contribution in [0, 0.1) is 0 Å². The lowest BCUT2D eigenvalue weighted by Crippen LogP contribution is -2.47. The van der Waals surface area contributed by atoms with E-state index in [0.717, 1.165) is 65.7 Å². The zero-order valence-corrected chi connectivity index (χ0v) is 19.6. The van der Waals surface area contributed by atoms with Gasteiger partial charge < -0.3 is 29.2 Å². The third-order valence-electron chi connectivity index (χ3n) is 6.55. The standard InChI is InChI=1S/C26H28N6O3/c1-17(33)23-16-31(10-12-34-23)21-6-4-20(5-7-21)29-24-25-27-8-9-32(25)15-22(30-24)19-13-18-3-2-11-35-26(18)28-14-19/h4-9,13-15,17,23,33H,2-3,10-12,16H2,1H3,(H,29,30). The molecule has 1 aromatic carbocycles. The summed E-state index contributed by atoms with van der Waals surface area (Å²) in [4.78, 5) is 16.1. The molecule has 2 aliphatic heterocycles. The lowest BCUT2D eigenvalue weighted by atomic mass is 10.1. The van der Waals surface area contributed by atoms with Gasteiger partial charge in [-0.3, -0.25) is 0 Å². The van der Waals surface area contributed by atoms with Gasteiger partial charge in [-0.05, 0) is 50.1 Å². The third-order valence-corrected chi connectivity index (χ3v) is 6.55. The second kappa shape index (κ2) is 9.16. The van der Waals surface area contributed by atoms with Gasteiger partial charge in [-0.25, -0.2) is 15.0 Å². The first-order valence-corrected chi connectivity index (χ1v) is 12.0. The van der Waals surface area contributed by atoms with Gasteiger partial charge in [-0.1, -0.05) is 0 Å². The van der Waals surface area contributed by atoms with Gasteiger partial charge in [0.05, 0.1) is 25.0 Å². The fraction of sp³-hybridized carbons (Fsp3) is 0.346. The number of anilines is 3. The molecule has 6 rings (SSSR count). The van der Waals surface area contributed by atoms with Crippen molar-refractivity contribution in [3.8, 4) is 17.1 Å². The quantitative estimate of drug-likeness (QED) is 0.456. The van der Waals surface area contributed by atoms with Gasteiger partial charge in [0.15, 0.2) is 11.5 Å². The Labute approximate surface area is 203 Å². The monoisotopic (exact) mass is 472 g/mol. The fourth-order valence-corrected chi connectivity index (χ4v) is 4.63. The molecule has 2 N–H and O–H groups in total. The second-order valence-electron chi connectivity index (χ2n) is 9.04. The SMILES string of the molecule is CC(O)C1CN(c2ccc(Nc3nc(-c4cnc5c(c4)CCCO5)cn4ccnc34)cc2)CCO1. The lowest BCUT2D eigenvalue weighted by molar-refractivity contribution is -0.0364. The molecule has 5 heterocycles. The number of benzene rings is 1. The molecule has 1 fully saturated rings. The van der Waals surface area contributed by atoms with Crippen LogP contribution < -0.4 is 15.0 Å². The lowest BCUT2D eigenvalue weighted by Gasteiger charge is -2.35. The first kappa shape index (κ1) is 21.8. The Morgan fingerprint density at radius 1 is 1.17 bits per heavy atom. The van der Waals surface area contributed by atoms with Crippen molar-refractivity contribution in [2.45, 2.75) is 32.0 Å². The molecule has 2 atom stereocenters. The van der Waals surface area contributed by atoms with Crippen molar-refractivity contribution in [2.24, 2.45) is 0 Å². The Bertz CT molecular complexity index is 1340. The van der Waals surface area contributed by atoms with E-state index in [0.29, 0.717) is 19.0 Å². The van der Waals surface area contributed by atoms with E-state index in [2.05, 4.69) is 38.4 Å². The summed E-state index contributed by atoms with van der Waals surface area (Å²) in [5, 5.41) is 13.3. The summed E-state index contributed by atoms with van der Waals surface area (Å²) in [6.45, 7) is 4.56. The summed E-state index contributed by atoms with van der Waals surface area (Å²) >= 11 is 0. The highest BCUT2D eigenvalue weighted by atomic mass is 16.5. The minimum atomic E-state index is -0.494. The number of fused-ring (bicyclic) bond motifs is 2. The number of morpholine rings is 1. The summed E-state index contributed by atoms with van der Waals surface area (Å²) in [7, 11) is 0. The normalized spacial score (nSPS) is 18.7. The molecule has 0 amide bonds. The van der Waals surface area contributed by atoms with Crippen LogP contribution in [0.3, 0.4) is 0 Å². The highest BCUT2D eigenvalue weighted by Crippen LogP contribution is 2.30. The molecule has 0 saturated carbocycles. The van der Waals surface area contributed by atoms with E-state index in [1.54, 1.807) is 13.1 Å². The highest BCUT2D eigenvalue weighted by molar-refractivity contribution is 5.74. The van der Waals surface area contributed by atoms with E-state index in [1.165, 1.54) is 0 Å². The molecular weight excluding hydrogens is 444 g/mol. The van der Waals surface area contributed by atoms with E-state index >= 15 is 0 Å². The zero-order chi connectivity index (χ0) is 23.8. The summed E-state index contributed by atoms with van der Waals surface area (Å²) < 4.78 is 13.3. The molecule has 180 valence electrons. The Kier molecular flexibility index (Phi) is 5.71. The average Bonchev–Trinajstić information content (AvgIpc) is 3.38. The number of aliphatic hydroxyl groups excluding tert-OH is 1. The predicted molar refractivity (Wildman–Crippen MR) is 133 cm³/mol. The first-order chi connectivity index (χ1) is 17.1. The number of nitrogens with one attached hydrogen (secondary N) is 1. The molecule has 1 saturated heterocycles. The van der Waals surface area contributed by atoms with Crippen LogP contribution in [0.15, 0.2) is 55.1 Å². The number of aromatic nitrogens is 4. The first-order valence-electron chi connectivity index (χ1n) is 12.0. The van der Waals surface area contributed by atoms with Crippen LogP contribution in [0.5, 0.6) is 5.88 Å². The van der Waals surface area contributed by atoms with Crippen molar-refractivity contribution in [3.63, 3.8) is 0 Å². The van der Waals surface area contributed by atoms with Crippen molar-refractivity contribution in [3.05, 3.63) is 60.7 Å². The fourth-order valence-electron chi connectivity index (χ4n) is 4.63. The molecule has 2 aliphatic rings. The smallest absolute Gasteiger partial charge is 0.216 e. The zero-order valence-electron chi connectivity index (χ0n) is 19.6. The number of aliphatic hydroxyl groups is 1. The van der Waals surface area contributed by atoms with Crippen LogP contribution in [-0.4, -0.2) is 63.0 Å². The van der Waals surface area contributed by atoms with Gasteiger partial charge >= 0.3 is 0 Å². The average molecular weight is 473 g/mol. The number of aryl methyl sites for hydroxylation is 1. The van der Waals surface area contributed by atoms with Crippen molar-refractivity contribution in [2.75, 3.05) is 36.5 Å². The van der Waals surface area contributed by atoms with E-state index in [4.69, 9.17) is 14.5 Å². The number of hydrogen-bond acceptors (Lipinski definition) is 8. The van der Waals surface area contributed by atoms with E-state index in [9.17, 15) is 5.11 Å². The summed E-state index contributed by atoms with van der Waals surface area (Å²) in [6.07, 6.45) is 8.77. The molecule has 9 heteroatoms. The highest BCUT2D eigenvalue weighted by Gasteiger charge is 2.24. The molecule has 3 aromatic heterocycles. The molecule has 0 bridgehead atoms. The van der Waals surface area contributed by atoms with E-state index < -0.39 is 6.10 Å². The van der Waals surface area contributed by atoms with Gasteiger partial charge in [0.1, 0.15) is 6.10 Å². The predicted octanol–water partition coefficient (Wildman–Crippen LogP) is 3.45. The van der Waals surface area contributed by atoms with Gasteiger partial charge in [-0.15, -0.1) is 0 Å². The minimum Gasteiger partial charge on any atom is -0.477 e. The maximum absolute atomic E-state index is 9.90. The molecule has 0 radical (unpaired) electrons. The Morgan fingerprint density at radius 3 is 2.91 bits per heavy atom. The van der Waals surface area contributed by atoms with E-state index in [-0.39, 0.29) is 6.10 Å². The second-order valence-corrected chi connectivity index (χ2v) is 9.04. The number of hydrogen-bond donors (Lipinski definition) is 2. The number of nitrogens with zero attached hydrogens (tertiary/aromatic N) is 5. The number of imidazole rings is 1. The topological polar surface area (TPSA) is 97.0 Å². The summed E-state index contributed by atoms with van der Waals surface area (Å²) in [6, 6.07) is 10.3. The van der Waals surface area contributed by atoms with Crippen molar-refractivity contribution >= 4 is 22.8 Å².